The fourth-order valence-corrected chi connectivity index (χ4v) is 4.30. The zero-order valence-corrected chi connectivity index (χ0v) is 21.7. The van der Waals surface area contributed by atoms with Crippen molar-refractivity contribution in [3.05, 3.63) is 77.9 Å². The minimum atomic E-state index is -0.224. The van der Waals surface area contributed by atoms with Crippen LogP contribution >= 0.6 is 0 Å². The molecular weight excluding hydrogens is 480 g/mol. The molecule has 38 heavy (non-hydrogen) atoms. The van der Waals surface area contributed by atoms with Crippen LogP contribution in [0.2, 0.25) is 0 Å². The molecule has 0 spiro atoms. The largest absolute Gasteiger partial charge is 0.461 e. The molecule has 2 N–H and O–H groups in total. The molecule has 0 radical (unpaired) electrons. The fraction of sp³-hybridized carbons (Fsp3) is 0.321. The zero-order valence-electron chi connectivity index (χ0n) is 21.7. The van der Waals surface area contributed by atoms with Gasteiger partial charge in [-0.15, -0.1) is 0 Å². The number of piperazine rings is 1. The van der Waals surface area contributed by atoms with Gasteiger partial charge in [0.05, 0.1) is 5.69 Å². The van der Waals surface area contributed by atoms with E-state index >= 15 is 0 Å². The first-order chi connectivity index (χ1) is 18.5. The predicted octanol–water partition coefficient (Wildman–Crippen LogP) is 3.74. The molecule has 1 fully saturated rings. The van der Waals surface area contributed by atoms with Crippen molar-refractivity contribution in [1.29, 1.82) is 0 Å². The standard InChI is InChI=1S/C28H32N8O2/c1-20-30-25(17-27(31-20)36-14-12-35(2)13-15-36)32-26-16-24(33-34-26)23-8-5-21(6-9-23)7-10-28(37)38-19-22-4-3-11-29-18-22/h3-6,8-9,11,16-18H,7,10,12-15,19H2,1-2H3,(H2,30,31,32,33,34). The van der Waals surface area contributed by atoms with Crippen molar-refractivity contribution in [1.82, 2.24) is 30.0 Å². The normalized spacial score (nSPS) is 13.9. The van der Waals surface area contributed by atoms with Crippen LogP contribution in [0.15, 0.2) is 60.9 Å². The number of rotatable bonds is 9. The second-order valence-electron chi connectivity index (χ2n) is 9.46. The fourth-order valence-electron chi connectivity index (χ4n) is 4.30. The smallest absolute Gasteiger partial charge is 0.306 e. The van der Waals surface area contributed by atoms with Crippen molar-refractivity contribution in [3.8, 4) is 11.3 Å². The van der Waals surface area contributed by atoms with E-state index in [9.17, 15) is 4.79 Å². The molecular formula is C28H32N8O2. The lowest BCUT2D eigenvalue weighted by molar-refractivity contribution is -0.144. The van der Waals surface area contributed by atoms with E-state index in [2.05, 4.69) is 47.3 Å². The molecule has 196 valence electrons. The molecule has 10 nitrogen and oxygen atoms in total. The highest BCUT2D eigenvalue weighted by Gasteiger charge is 2.17. The van der Waals surface area contributed by atoms with Gasteiger partial charge in [-0.05, 0) is 37.6 Å². The molecule has 4 heterocycles. The Morgan fingerprint density at radius 3 is 2.61 bits per heavy atom. The van der Waals surface area contributed by atoms with Gasteiger partial charge in [0.15, 0.2) is 5.82 Å². The Bertz CT molecular complexity index is 1350. The third-order valence-electron chi connectivity index (χ3n) is 6.49. The van der Waals surface area contributed by atoms with Gasteiger partial charge in [-0.25, -0.2) is 9.97 Å². The number of likely N-dealkylation sites (N-methyl/N-ethyl adjacent to an activating group) is 1. The second-order valence-corrected chi connectivity index (χ2v) is 9.46. The molecule has 1 aliphatic rings. The summed E-state index contributed by atoms with van der Waals surface area (Å²) in [6, 6.07) is 15.7. The van der Waals surface area contributed by atoms with E-state index in [1.54, 1.807) is 12.4 Å². The van der Waals surface area contributed by atoms with Gasteiger partial charge < -0.3 is 19.9 Å². The van der Waals surface area contributed by atoms with Gasteiger partial charge in [0, 0.05) is 62.7 Å². The van der Waals surface area contributed by atoms with Gasteiger partial charge in [-0.3, -0.25) is 14.9 Å². The van der Waals surface area contributed by atoms with E-state index < -0.39 is 0 Å². The summed E-state index contributed by atoms with van der Waals surface area (Å²) >= 11 is 0. The molecule has 0 bridgehead atoms. The number of ether oxygens (including phenoxy) is 1. The topological polar surface area (TPSA) is 112 Å². The van der Waals surface area contributed by atoms with E-state index in [1.807, 2.05) is 55.5 Å². The van der Waals surface area contributed by atoms with Crippen LogP contribution in [0.25, 0.3) is 11.3 Å². The van der Waals surface area contributed by atoms with Gasteiger partial charge in [0.2, 0.25) is 0 Å². The predicted molar refractivity (Wildman–Crippen MR) is 146 cm³/mol. The monoisotopic (exact) mass is 512 g/mol. The van der Waals surface area contributed by atoms with Gasteiger partial charge in [-0.2, -0.15) is 5.10 Å². The van der Waals surface area contributed by atoms with Crippen molar-refractivity contribution in [2.45, 2.75) is 26.4 Å². The number of hydrogen-bond donors (Lipinski definition) is 2. The SMILES string of the molecule is Cc1nc(Nc2cc(-c3ccc(CCC(=O)OCc4cccnc4)cc3)[nH]n2)cc(N2CCN(C)CC2)n1. The minimum Gasteiger partial charge on any atom is -0.461 e. The summed E-state index contributed by atoms with van der Waals surface area (Å²) in [5.41, 5.74) is 3.84. The first-order valence-corrected chi connectivity index (χ1v) is 12.8. The maximum Gasteiger partial charge on any atom is 0.306 e. The molecule has 1 aliphatic heterocycles. The Labute approximate surface area is 222 Å². The van der Waals surface area contributed by atoms with Gasteiger partial charge in [0.1, 0.15) is 24.1 Å². The highest BCUT2D eigenvalue weighted by Crippen LogP contribution is 2.24. The number of carbonyl (C=O) groups excluding carboxylic acids is 1. The van der Waals surface area contributed by atoms with Gasteiger partial charge in [0.25, 0.3) is 0 Å². The van der Waals surface area contributed by atoms with Gasteiger partial charge >= 0.3 is 5.97 Å². The van der Waals surface area contributed by atoms with Crippen molar-refractivity contribution in [3.63, 3.8) is 0 Å². The molecule has 1 aromatic carbocycles. The van der Waals surface area contributed by atoms with Crippen molar-refractivity contribution < 1.29 is 9.53 Å². The summed E-state index contributed by atoms with van der Waals surface area (Å²) in [4.78, 5) is 29.9. The number of aromatic nitrogens is 5. The quantitative estimate of drug-likeness (QED) is 0.324. The minimum absolute atomic E-state index is 0.224. The second kappa shape index (κ2) is 11.8. The summed E-state index contributed by atoms with van der Waals surface area (Å²) in [7, 11) is 2.14. The van der Waals surface area contributed by atoms with Crippen molar-refractivity contribution >= 4 is 23.4 Å². The molecule has 0 aliphatic carbocycles. The molecule has 5 rings (SSSR count). The summed E-state index contributed by atoms with van der Waals surface area (Å²) in [5, 5.41) is 10.8. The first-order valence-electron chi connectivity index (χ1n) is 12.8. The Balaban J connectivity index is 1.15. The molecule has 0 saturated carbocycles. The third-order valence-corrected chi connectivity index (χ3v) is 6.49. The number of esters is 1. The zero-order chi connectivity index (χ0) is 26.3. The number of anilines is 3. The average Bonchev–Trinajstić information content (AvgIpc) is 3.40. The lowest BCUT2D eigenvalue weighted by atomic mass is 10.1. The lowest BCUT2D eigenvalue weighted by Crippen LogP contribution is -2.44. The van der Waals surface area contributed by atoms with Crippen LogP contribution in [0.4, 0.5) is 17.5 Å². The number of nitrogens with one attached hydrogen (secondary N) is 2. The molecule has 1 saturated heterocycles. The summed E-state index contributed by atoms with van der Waals surface area (Å²) < 4.78 is 5.34. The number of pyridine rings is 1. The molecule has 10 heteroatoms. The van der Waals surface area contributed by atoms with Crippen LogP contribution in [0, 0.1) is 6.92 Å². The molecule has 3 aromatic heterocycles. The van der Waals surface area contributed by atoms with E-state index in [4.69, 9.17) is 4.74 Å². The number of aryl methyl sites for hydroxylation is 2. The summed E-state index contributed by atoms with van der Waals surface area (Å²) in [6.07, 6.45) is 4.33. The lowest BCUT2D eigenvalue weighted by Gasteiger charge is -2.33. The maximum atomic E-state index is 12.1. The number of nitrogens with zero attached hydrogens (tertiary/aromatic N) is 6. The first kappa shape index (κ1) is 25.3. The van der Waals surface area contributed by atoms with E-state index in [0.29, 0.717) is 18.7 Å². The molecule has 0 atom stereocenters. The van der Waals surface area contributed by atoms with Crippen molar-refractivity contribution in [2.75, 3.05) is 43.4 Å². The number of carbonyl (C=O) groups is 1. The Morgan fingerprint density at radius 1 is 1.03 bits per heavy atom. The Hall–Kier alpha value is -4.31. The third kappa shape index (κ3) is 6.71. The van der Waals surface area contributed by atoms with Crippen molar-refractivity contribution in [2.24, 2.45) is 0 Å². The maximum absolute atomic E-state index is 12.1. The number of hydrogen-bond acceptors (Lipinski definition) is 9. The van der Waals surface area contributed by atoms with E-state index in [0.717, 1.165) is 66.0 Å². The van der Waals surface area contributed by atoms with E-state index in [-0.39, 0.29) is 12.6 Å². The average molecular weight is 513 g/mol. The number of benzene rings is 1. The highest BCUT2D eigenvalue weighted by molar-refractivity contribution is 5.70. The van der Waals surface area contributed by atoms with Crippen LogP contribution in [0.3, 0.4) is 0 Å². The highest BCUT2D eigenvalue weighted by atomic mass is 16.5. The molecule has 0 amide bonds. The van der Waals surface area contributed by atoms with Crippen LogP contribution < -0.4 is 10.2 Å². The Kier molecular flexibility index (Phi) is 7.89. The van der Waals surface area contributed by atoms with Crippen LogP contribution in [0.1, 0.15) is 23.4 Å². The molecule has 4 aromatic rings. The Morgan fingerprint density at radius 2 is 1.84 bits per heavy atom. The van der Waals surface area contributed by atoms with Crippen LogP contribution in [0.5, 0.6) is 0 Å². The number of H-pyrrole nitrogens is 1. The molecule has 0 unspecified atom stereocenters. The van der Waals surface area contributed by atoms with Gasteiger partial charge in [-0.1, -0.05) is 30.3 Å². The van der Waals surface area contributed by atoms with Crippen LogP contribution in [-0.4, -0.2) is 69.2 Å². The number of aromatic amines is 1. The summed E-state index contributed by atoms with van der Waals surface area (Å²) in [6.45, 7) is 6.08. The van der Waals surface area contributed by atoms with Crippen LogP contribution in [-0.2, 0) is 22.6 Å². The van der Waals surface area contributed by atoms with E-state index in [1.165, 1.54) is 0 Å². The summed E-state index contributed by atoms with van der Waals surface area (Å²) in [5.74, 6) is 2.83.